The van der Waals surface area contributed by atoms with E-state index in [2.05, 4.69) is 0 Å². The van der Waals surface area contributed by atoms with Gasteiger partial charge in [0.1, 0.15) is 17.3 Å². The van der Waals surface area contributed by atoms with Crippen LogP contribution in [0.15, 0.2) is 54.1 Å². The molecule has 2 aromatic rings. The second-order valence-corrected chi connectivity index (χ2v) is 6.31. The Kier molecular flexibility index (Phi) is 5.65. The van der Waals surface area contributed by atoms with Crippen LogP contribution in [-0.4, -0.2) is 54.2 Å². The summed E-state index contributed by atoms with van der Waals surface area (Å²) < 4.78 is 10.2. The molecule has 7 nitrogen and oxygen atoms in total. The molecule has 28 heavy (non-hydrogen) atoms. The van der Waals surface area contributed by atoms with Crippen molar-refractivity contribution in [3.63, 3.8) is 0 Å². The zero-order chi connectivity index (χ0) is 20.3. The molecule has 0 bridgehead atoms. The molecule has 1 saturated heterocycles. The van der Waals surface area contributed by atoms with Crippen LogP contribution in [0.5, 0.6) is 11.5 Å². The van der Waals surface area contributed by atoms with Gasteiger partial charge in [0, 0.05) is 19.2 Å². The highest BCUT2D eigenvalue weighted by Crippen LogP contribution is 2.39. The van der Waals surface area contributed by atoms with E-state index in [1.165, 1.54) is 31.3 Å². The predicted molar refractivity (Wildman–Crippen MR) is 102 cm³/mol. The summed E-state index contributed by atoms with van der Waals surface area (Å²) in [6, 6.07) is 11.9. The van der Waals surface area contributed by atoms with Gasteiger partial charge in [0.25, 0.3) is 11.7 Å². The van der Waals surface area contributed by atoms with Gasteiger partial charge in [0.05, 0.1) is 25.3 Å². The molecular weight excluding hydrogens is 362 g/mol. The first kappa shape index (κ1) is 19.4. The number of hydrogen-bond acceptors (Lipinski definition) is 6. The van der Waals surface area contributed by atoms with E-state index >= 15 is 0 Å². The fraction of sp³-hybridized carbons (Fsp3) is 0.238. The number of ketones is 1. The molecule has 1 atom stereocenters. The molecule has 1 amide bonds. The second kappa shape index (κ2) is 8.14. The maximum absolute atomic E-state index is 12.7. The van der Waals surface area contributed by atoms with Crippen molar-refractivity contribution in [1.29, 1.82) is 0 Å². The van der Waals surface area contributed by atoms with Crippen LogP contribution in [0, 0.1) is 0 Å². The van der Waals surface area contributed by atoms with E-state index in [1.54, 1.807) is 36.4 Å². The summed E-state index contributed by atoms with van der Waals surface area (Å²) in [4.78, 5) is 26.7. The van der Waals surface area contributed by atoms with E-state index in [4.69, 9.17) is 9.47 Å². The summed E-state index contributed by atoms with van der Waals surface area (Å²) in [5.41, 5.74) is 0.995. The molecule has 1 aliphatic heterocycles. The van der Waals surface area contributed by atoms with Gasteiger partial charge in [-0.25, -0.2) is 0 Å². The van der Waals surface area contributed by atoms with Crippen molar-refractivity contribution in [2.45, 2.75) is 6.04 Å². The first-order chi connectivity index (χ1) is 13.5. The third-order valence-electron chi connectivity index (χ3n) is 4.65. The van der Waals surface area contributed by atoms with Gasteiger partial charge in [-0.15, -0.1) is 0 Å². The molecule has 1 heterocycles. The number of carbonyl (C=O) groups excluding carboxylic acids is 2. The minimum Gasteiger partial charge on any atom is -0.508 e. The summed E-state index contributed by atoms with van der Waals surface area (Å²) in [6.45, 7) is 0.427. The number of ether oxygens (including phenoxy) is 2. The fourth-order valence-electron chi connectivity index (χ4n) is 3.21. The van der Waals surface area contributed by atoms with Crippen LogP contribution in [0.4, 0.5) is 0 Å². The molecule has 3 rings (SSSR count). The van der Waals surface area contributed by atoms with Gasteiger partial charge in [-0.05, 0) is 42.0 Å². The number of methoxy groups -OCH3 is 2. The number of phenols is 1. The van der Waals surface area contributed by atoms with Gasteiger partial charge in [0.2, 0.25) is 0 Å². The predicted octanol–water partition coefficient (Wildman–Crippen LogP) is 2.47. The number of carbonyl (C=O) groups is 2. The molecular formula is C21H21NO6. The van der Waals surface area contributed by atoms with Gasteiger partial charge < -0.3 is 24.6 Å². The zero-order valence-corrected chi connectivity index (χ0v) is 15.6. The Morgan fingerprint density at radius 3 is 2.25 bits per heavy atom. The molecule has 1 fully saturated rings. The first-order valence-corrected chi connectivity index (χ1v) is 8.68. The third-order valence-corrected chi connectivity index (χ3v) is 4.65. The Labute approximate surface area is 162 Å². The number of aliphatic hydroxyl groups is 1. The summed E-state index contributed by atoms with van der Waals surface area (Å²) in [7, 11) is 3.03. The lowest BCUT2D eigenvalue weighted by Gasteiger charge is -2.25. The molecule has 1 aliphatic rings. The number of rotatable bonds is 6. The number of hydrogen-bond donors (Lipinski definition) is 2. The van der Waals surface area contributed by atoms with Crippen molar-refractivity contribution in [3.8, 4) is 11.5 Å². The van der Waals surface area contributed by atoms with E-state index in [1.807, 2.05) is 0 Å². The van der Waals surface area contributed by atoms with Gasteiger partial charge in [0.15, 0.2) is 0 Å². The first-order valence-electron chi connectivity index (χ1n) is 8.68. The molecule has 0 radical (unpaired) electrons. The Morgan fingerprint density at radius 2 is 1.68 bits per heavy atom. The van der Waals surface area contributed by atoms with Crippen LogP contribution >= 0.6 is 0 Å². The molecule has 0 unspecified atom stereocenters. The lowest BCUT2D eigenvalue weighted by Crippen LogP contribution is -2.32. The molecule has 0 aliphatic carbocycles. The van der Waals surface area contributed by atoms with Crippen LogP contribution < -0.4 is 4.74 Å². The van der Waals surface area contributed by atoms with Gasteiger partial charge >= 0.3 is 0 Å². The van der Waals surface area contributed by atoms with Gasteiger partial charge in [-0.1, -0.05) is 12.1 Å². The zero-order valence-electron chi connectivity index (χ0n) is 15.6. The normalized spacial score (nSPS) is 18.5. The van der Waals surface area contributed by atoms with Gasteiger partial charge in [-0.3, -0.25) is 9.59 Å². The summed E-state index contributed by atoms with van der Waals surface area (Å²) in [5, 5.41) is 20.4. The van der Waals surface area contributed by atoms with Crippen LogP contribution in [-0.2, 0) is 14.3 Å². The lowest BCUT2D eigenvalue weighted by atomic mass is 9.95. The number of likely N-dealkylation sites (tertiary alicyclic amines) is 1. The summed E-state index contributed by atoms with van der Waals surface area (Å²) in [6.07, 6.45) is 0. The maximum atomic E-state index is 12.7. The van der Waals surface area contributed by atoms with Crippen LogP contribution in [0.25, 0.3) is 5.76 Å². The Balaban J connectivity index is 2.12. The van der Waals surface area contributed by atoms with Crippen molar-refractivity contribution in [1.82, 2.24) is 4.90 Å². The summed E-state index contributed by atoms with van der Waals surface area (Å²) in [5.74, 6) is -1.06. The molecule has 0 saturated carbocycles. The smallest absolute Gasteiger partial charge is 0.295 e. The standard InChI is InChI=1S/C21H21NO6/c1-27-12-11-22-18(13-3-7-15(23)8-4-13)17(20(25)21(22)26)19(24)14-5-9-16(28-2)10-6-14/h3-10,18,23-24H,11-12H2,1-2H3/b19-17+/t18-/m1/s1. The van der Waals surface area contributed by atoms with Crippen molar-refractivity contribution < 1.29 is 29.3 Å². The Hall–Kier alpha value is -3.32. The average molecular weight is 383 g/mol. The molecule has 146 valence electrons. The minimum absolute atomic E-state index is 0.00282. The Morgan fingerprint density at radius 1 is 1.04 bits per heavy atom. The van der Waals surface area contributed by atoms with Crippen molar-refractivity contribution >= 4 is 17.4 Å². The number of amides is 1. The topological polar surface area (TPSA) is 96.3 Å². The van der Waals surface area contributed by atoms with Crippen LogP contribution in [0.1, 0.15) is 17.2 Å². The highest BCUT2D eigenvalue weighted by Gasteiger charge is 2.45. The van der Waals surface area contributed by atoms with Crippen LogP contribution in [0.2, 0.25) is 0 Å². The number of nitrogens with zero attached hydrogens (tertiary/aromatic N) is 1. The molecule has 0 aromatic heterocycles. The molecule has 2 aromatic carbocycles. The van der Waals surface area contributed by atoms with Crippen molar-refractivity contribution in [3.05, 3.63) is 65.2 Å². The third kappa shape index (κ3) is 3.57. The number of aromatic hydroxyl groups is 1. The lowest BCUT2D eigenvalue weighted by molar-refractivity contribution is -0.140. The number of benzene rings is 2. The number of phenolic OH excluding ortho intramolecular Hbond substituents is 1. The monoisotopic (exact) mass is 383 g/mol. The van der Waals surface area contributed by atoms with Crippen molar-refractivity contribution in [2.75, 3.05) is 27.4 Å². The van der Waals surface area contributed by atoms with E-state index < -0.39 is 17.7 Å². The van der Waals surface area contributed by atoms with Gasteiger partial charge in [-0.2, -0.15) is 0 Å². The second-order valence-electron chi connectivity index (χ2n) is 6.31. The van der Waals surface area contributed by atoms with Crippen LogP contribution in [0.3, 0.4) is 0 Å². The minimum atomic E-state index is -0.780. The number of Topliss-reactive ketones (excluding diaryl/α,β-unsaturated/α-hetero) is 1. The number of aliphatic hydroxyl groups excluding tert-OH is 1. The molecule has 7 heteroatoms. The SMILES string of the molecule is COCCN1C(=O)C(=O)/C(=C(/O)c2ccc(OC)cc2)[C@H]1c1ccc(O)cc1. The molecule has 2 N–H and O–H groups in total. The van der Waals surface area contributed by atoms with E-state index in [0.717, 1.165) is 0 Å². The highest BCUT2D eigenvalue weighted by molar-refractivity contribution is 6.46. The average Bonchev–Trinajstić information content (AvgIpc) is 2.97. The van der Waals surface area contributed by atoms with E-state index in [0.29, 0.717) is 16.9 Å². The van der Waals surface area contributed by atoms with E-state index in [9.17, 15) is 19.8 Å². The quantitative estimate of drug-likeness (QED) is 0.452. The largest absolute Gasteiger partial charge is 0.508 e. The Bertz CT molecular complexity index is 901. The summed E-state index contributed by atoms with van der Waals surface area (Å²) >= 11 is 0. The fourth-order valence-corrected chi connectivity index (χ4v) is 3.21. The molecule has 0 spiro atoms. The maximum Gasteiger partial charge on any atom is 0.295 e. The highest BCUT2D eigenvalue weighted by atomic mass is 16.5. The van der Waals surface area contributed by atoms with Crippen molar-refractivity contribution in [2.24, 2.45) is 0 Å². The van der Waals surface area contributed by atoms with E-state index in [-0.39, 0.29) is 30.2 Å².